The standard InChI is InChI=1S/C21H15N5O4S/c27-17-11-26(14-6-2-1-5-13(14)22-17)18(28)12-31-21-23-19(15-7-3-9-29-15)20(24-25-21)16-8-4-10-30-16/h1-10H,11-12H2,(H,22,27). The lowest BCUT2D eigenvalue weighted by Gasteiger charge is -2.28. The van der Waals surface area contributed by atoms with Crippen LogP contribution in [0.4, 0.5) is 11.4 Å². The molecule has 3 aromatic heterocycles. The van der Waals surface area contributed by atoms with E-state index in [0.717, 1.165) is 11.8 Å². The normalized spacial score (nSPS) is 13.0. The van der Waals surface area contributed by atoms with Gasteiger partial charge in [-0.25, -0.2) is 4.98 Å². The van der Waals surface area contributed by atoms with Gasteiger partial charge in [-0.3, -0.25) is 9.59 Å². The number of para-hydroxylation sites is 2. The van der Waals surface area contributed by atoms with Gasteiger partial charge in [0.25, 0.3) is 0 Å². The van der Waals surface area contributed by atoms with Gasteiger partial charge in [-0.2, -0.15) is 0 Å². The monoisotopic (exact) mass is 433 g/mol. The first kappa shape index (κ1) is 19.1. The second-order valence-corrected chi connectivity index (χ2v) is 7.52. The van der Waals surface area contributed by atoms with Crippen LogP contribution < -0.4 is 10.2 Å². The number of nitrogens with zero attached hydrogens (tertiary/aromatic N) is 4. The van der Waals surface area contributed by atoms with Crippen LogP contribution >= 0.6 is 11.8 Å². The number of hydrogen-bond acceptors (Lipinski definition) is 8. The first-order valence-corrected chi connectivity index (χ1v) is 10.3. The van der Waals surface area contributed by atoms with E-state index >= 15 is 0 Å². The smallest absolute Gasteiger partial charge is 0.244 e. The Hall–Kier alpha value is -3.92. The molecule has 5 rings (SSSR count). The molecule has 0 saturated heterocycles. The maximum Gasteiger partial charge on any atom is 0.244 e. The highest BCUT2D eigenvalue weighted by Crippen LogP contribution is 2.32. The number of anilines is 2. The third-order valence-electron chi connectivity index (χ3n) is 4.57. The molecule has 4 aromatic rings. The zero-order valence-electron chi connectivity index (χ0n) is 16.0. The van der Waals surface area contributed by atoms with E-state index < -0.39 is 0 Å². The molecular formula is C21H15N5O4S. The predicted octanol–water partition coefficient (Wildman–Crippen LogP) is 3.47. The summed E-state index contributed by atoms with van der Waals surface area (Å²) < 4.78 is 10.9. The zero-order chi connectivity index (χ0) is 21.2. The van der Waals surface area contributed by atoms with Gasteiger partial charge in [-0.15, -0.1) is 10.2 Å². The quantitative estimate of drug-likeness (QED) is 0.476. The summed E-state index contributed by atoms with van der Waals surface area (Å²) in [5.74, 6) is 0.593. The van der Waals surface area contributed by atoms with Gasteiger partial charge in [0.15, 0.2) is 17.2 Å². The van der Waals surface area contributed by atoms with Gasteiger partial charge < -0.3 is 19.1 Å². The van der Waals surface area contributed by atoms with Crippen LogP contribution in [0.1, 0.15) is 0 Å². The van der Waals surface area contributed by atoms with Gasteiger partial charge in [0.1, 0.15) is 12.2 Å². The number of benzene rings is 1. The van der Waals surface area contributed by atoms with Crippen molar-refractivity contribution >= 4 is 35.0 Å². The Kier molecular flexibility index (Phi) is 4.97. The van der Waals surface area contributed by atoms with E-state index in [1.165, 1.54) is 11.2 Å². The summed E-state index contributed by atoms with van der Waals surface area (Å²) in [5.41, 5.74) is 2.18. The zero-order valence-corrected chi connectivity index (χ0v) is 16.8. The summed E-state index contributed by atoms with van der Waals surface area (Å²) in [4.78, 5) is 30.8. The van der Waals surface area contributed by atoms with Crippen molar-refractivity contribution in [1.82, 2.24) is 15.2 Å². The first-order chi connectivity index (χ1) is 15.2. The van der Waals surface area contributed by atoms with E-state index in [1.807, 2.05) is 6.07 Å². The Balaban J connectivity index is 1.38. The number of aromatic nitrogens is 3. The average Bonchev–Trinajstić information content (AvgIpc) is 3.51. The number of thioether (sulfide) groups is 1. The highest BCUT2D eigenvalue weighted by atomic mass is 32.2. The molecule has 10 heteroatoms. The number of nitrogens with one attached hydrogen (secondary N) is 1. The number of carbonyl (C=O) groups is 2. The van der Waals surface area contributed by atoms with E-state index in [4.69, 9.17) is 8.83 Å². The van der Waals surface area contributed by atoms with Crippen LogP contribution in [0.3, 0.4) is 0 Å². The molecule has 0 aliphatic carbocycles. The van der Waals surface area contributed by atoms with E-state index in [0.29, 0.717) is 39.4 Å². The average molecular weight is 433 g/mol. The minimum absolute atomic E-state index is 0.0371. The van der Waals surface area contributed by atoms with E-state index in [1.54, 1.807) is 48.7 Å². The molecule has 2 amide bonds. The van der Waals surface area contributed by atoms with Crippen LogP contribution in [0.25, 0.3) is 22.9 Å². The van der Waals surface area contributed by atoms with Crippen molar-refractivity contribution in [2.24, 2.45) is 0 Å². The number of rotatable bonds is 5. The summed E-state index contributed by atoms with van der Waals surface area (Å²) in [6, 6.07) is 14.2. The topological polar surface area (TPSA) is 114 Å². The summed E-state index contributed by atoms with van der Waals surface area (Å²) in [6.45, 7) is -0.0371. The maximum absolute atomic E-state index is 12.9. The van der Waals surface area contributed by atoms with Crippen LogP contribution in [0, 0.1) is 0 Å². The minimum atomic E-state index is -0.238. The second kappa shape index (κ2) is 8.07. The van der Waals surface area contributed by atoms with Gasteiger partial charge in [-0.1, -0.05) is 23.9 Å². The first-order valence-electron chi connectivity index (χ1n) is 9.33. The molecule has 9 nitrogen and oxygen atoms in total. The van der Waals surface area contributed by atoms with E-state index in [9.17, 15) is 9.59 Å². The van der Waals surface area contributed by atoms with Crippen LogP contribution in [0.15, 0.2) is 75.0 Å². The lowest BCUT2D eigenvalue weighted by Crippen LogP contribution is -2.43. The molecule has 0 spiro atoms. The van der Waals surface area contributed by atoms with E-state index in [-0.39, 0.29) is 24.1 Å². The van der Waals surface area contributed by atoms with Gasteiger partial charge >= 0.3 is 0 Å². The van der Waals surface area contributed by atoms with Crippen molar-refractivity contribution < 1.29 is 18.4 Å². The molecule has 1 N–H and O–H groups in total. The Morgan fingerprint density at radius 3 is 2.48 bits per heavy atom. The molecule has 1 aliphatic rings. The third-order valence-corrected chi connectivity index (χ3v) is 5.40. The Labute approximate surface area is 180 Å². The molecule has 0 atom stereocenters. The molecule has 0 unspecified atom stereocenters. The van der Waals surface area contributed by atoms with Crippen molar-refractivity contribution in [2.75, 3.05) is 22.5 Å². The molecule has 0 bridgehead atoms. The fourth-order valence-electron chi connectivity index (χ4n) is 3.20. The number of furan rings is 2. The van der Waals surface area contributed by atoms with Crippen molar-refractivity contribution in [3.63, 3.8) is 0 Å². The molecular weight excluding hydrogens is 418 g/mol. The van der Waals surface area contributed by atoms with Crippen molar-refractivity contribution in [2.45, 2.75) is 5.16 Å². The SMILES string of the molecule is O=C1CN(C(=O)CSc2nnc(-c3ccco3)c(-c3ccco3)n2)c2ccccc2N1. The van der Waals surface area contributed by atoms with Crippen molar-refractivity contribution in [3.05, 3.63) is 61.1 Å². The third kappa shape index (κ3) is 3.80. The van der Waals surface area contributed by atoms with Crippen molar-refractivity contribution in [1.29, 1.82) is 0 Å². The Morgan fingerprint density at radius 1 is 1.00 bits per heavy atom. The van der Waals surface area contributed by atoms with Crippen LogP contribution in [-0.2, 0) is 9.59 Å². The minimum Gasteiger partial charge on any atom is -0.463 e. The lowest BCUT2D eigenvalue weighted by molar-refractivity contribution is -0.120. The Bertz CT molecular complexity index is 1240. The second-order valence-electron chi connectivity index (χ2n) is 6.58. The van der Waals surface area contributed by atoms with E-state index in [2.05, 4.69) is 20.5 Å². The summed E-state index contributed by atoms with van der Waals surface area (Å²) >= 11 is 1.14. The number of carbonyl (C=O) groups excluding carboxylic acids is 2. The van der Waals surface area contributed by atoms with Crippen LogP contribution in [-0.4, -0.2) is 39.3 Å². The van der Waals surface area contributed by atoms with Gasteiger partial charge in [0.2, 0.25) is 17.0 Å². The lowest BCUT2D eigenvalue weighted by atomic mass is 10.2. The molecule has 1 aromatic carbocycles. The molecule has 0 radical (unpaired) electrons. The number of fused-ring (bicyclic) bond motifs is 1. The van der Waals surface area contributed by atoms with Gasteiger partial charge in [0.05, 0.1) is 29.7 Å². The largest absolute Gasteiger partial charge is 0.463 e. The Morgan fingerprint density at radius 2 is 1.74 bits per heavy atom. The highest BCUT2D eigenvalue weighted by molar-refractivity contribution is 7.99. The molecule has 1 aliphatic heterocycles. The van der Waals surface area contributed by atoms with Gasteiger partial charge in [0, 0.05) is 0 Å². The summed E-state index contributed by atoms with van der Waals surface area (Å²) in [5, 5.41) is 11.4. The molecule has 4 heterocycles. The number of hydrogen-bond donors (Lipinski definition) is 1. The fourth-order valence-corrected chi connectivity index (χ4v) is 3.86. The van der Waals surface area contributed by atoms with Crippen molar-refractivity contribution in [3.8, 4) is 22.9 Å². The molecule has 0 fully saturated rings. The van der Waals surface area contributed by atoms with Gasteiger partial charge in [-0.05, 0) is 36.4 Å². The summed E-state index contributed by atoms with van der Waals surface area (Å²) in [7, 11) is 0. The molecule has 31 heavy (non-hydrogen) atoms. The fraction of sp³-hybridized carbons (Fsp3) is 0.0952. The molecule has 154 valence electrons. The highest BCUT2D eigenvalue weighted by Gasteiger charge is 2.27. The molecule has 0 saturated carbocycles. The maximum atomic E-state index is 12.9. The van der Waals surface area contributed by atoms with Crippen LogP contribution in [0.5, 0.6) is 0 Å². The van der Waals surface area contributed by atoms with Crippen LogP contribution in [0.2, 0.25) is 0 Å². The summed E-state index contributed by atoms with van der Waals surface area (Å²) in [6.07, 6.45) is 3.08. The predicted molar refractivity (Wildman–Crippen MR) is 113 cm³/mol. The number of amides is 2.